The largest absolute Gasteiger partial charge is 0.456 e. The van der Waals surface area contributed by atoms with E-state index in [2.05, 4.69) is 231 Å². The molecule has 14 rings (SSSR count). The van der Waals surface area contributed by atoms with Gasteiger partial charge in [0, 0.05) is 30.9 Å². The van der Waals surface area contributed by atoms with Gasteiger partial charge in [0.25, 0.3) is 0 Å². The van der Waals surface area contributed by atoms with Crippen molar-refractivity contribution in [1.82, 2.24) is 0 Å². The lowest BCUT2D eigenvalue weighted by atomic mass is 9.84. The summed E-state index contributed by atoms with van der Waals surface area (Å²) in [5, 5.41) is 14.7. The lowest BCUT2D eigenvalue weighted by molar-refractivity contribution is 0.669. The Balaban J connectivity index is 1.00. The fourth-order valence-electron chi connectivity index (χ4n) is 11.0. The summed E-state index contributed by atoms with van der Waals surface area (Å²) in [4.78, 5) is 0. The molecule has 0 saturated carbocycles. The average Bonchev–Trinajstić information content (AvgIpc) is 3.95. The van der Waals surface area contributed by atoms with Gasteiger partial charge in [-0.3, -0.25) is 0 Å². The number of hydrogen-bond acceptors (Lipinski definition) is 2. The van der Waals surface area contributed by atoms with E-state index in [1.807, 2.05) is 11.3 Å². The highest BCUT2D eigenvalue weighted by Crippen LogP contribution is 2.50. The smallest absolute Gasteiger partial charge is 0.136 e. The molecular weight excluding hydrogens is 817 g/mol. The Morgan fingerprint density at radius 2 is 0.652 bits per heavy atom. The second-order valence-corrected chi connectivity index (χ2v) is 18.5. The molecule has 0 amide bonds. The topological polar surface area (TPSA) is 13.1 Å². The molecule has 66 heavy (non-hydrogen) atoms. The average molecular weight is 855 g/mol. The van der Waals surface area contributed by atoms with Crippen LogP contribution in [0.2, 0.25) is 0 Å². The van der Waals surface area contributed by atoms with Gasteiger partial charge >= 0.3 is 0 Å². The third kappa shape index (κ3) is 5.59. The van der Waals surface area contributed by atoms with E-state index in [1.54, 1.807) is 0 Å². The van der Waals surface area contributed by atoms with Gasteiger partial charge in [-0.2, -0.15) is 0 Å². The maximum Gasteiger partial charge on any atom is 0.136 e. The van der Waals surface area contributed by atoms with Gasteiger partial charge in [0.05, 0.1) is 0 Å². The minimum atomic E-state index is 0.882. The third-order valence-electron chi connectivity index (χ3n) is 13.8. The molecule has 2 heteroatoms. The summed E-state index contributed by atoms with van der Waals surface area (Å²) in [6.45, 7) is 0. The highest BCUT2D eigenvalue weighted by Gasteiger charge is 2.23. The van der Waals surface area contributed by atoms with Crippen molar-refractivity contribution in [2.45, 2.75) is 0 Å². The molecule has 0 aliphatic rings. The zero-order valence-corrected chi connectivity index (χ0v) is 36.6. The number of thiophene rings is 1. The predicted molar refractivity (Wildman–Crippen MR) is 284 cm³/mol. The van der Waals surface area contributed by atoms with Crippen LogP contribution in [0.1, 0.15) is 0 Å². The monoisotopic (exact) mass is 854 g/mol. The van der Waals surface area contributed by atoms with Crippen LogP contribution in [-0.4, -0.2) is 0 Å². The summed E-state index contributed by atoms with van der Waals surface area (Å²) >= 11 is 1.87. The van der Waals surface area contributed by atoms with Crippen LogP contribution < -0.4 is 0 Å². The number of hydrogen-bond donors (Lipinski definition) is 0. The minimum absolute atomic E-state index is 0.882. The van der Waals surface area contributed by atoms with Crippen LogP contribution in [0.5, 0.6) is 0 Å². The van der Waals surface area contributed by atoms with Gasteiger partial charge in [0.1, 0.15) is 11.2 Å². The van der Waals surface area contributed by atoms with Crippen molar-refractivity contribution in [2.75, 3.05) is 0 Å². The molecule has 14 aromatic rings. The molecule has 0 N–H and O–H groups in total. The SMILES string of the molecule is c1ccc(-c2ccc3sc4ccc(-c5c6ccccc6c(-c6cccc7oc8ccc(-c9c%10ccccc%10c(-c%10ccccc%10)c%10ccccc9%10)cc8c67)c6ccccc56)cc4c3c2)cc1. The van der Waals surface area contributed by atoms with Gasteiger partial charge in [-0.1, -0.05) is 188 Å². The van der Waals surface area contributed by atoms with E-state index in [1.165, 1.54) is 119 Å². The van der Waals surface area contributed by atoms with E-state index < -0.39 is 0 Å². The summed E-state index contributed by atoms with van der Waals surface area (Å²) in [6.07, 6.45) is 0. The van der Waals surface area contributed by atoms with Crippen molar-refractivity contribution in [3.8, 4) is 55.6 Å². The molecule has 0 aliphatic carbocycles. The first-order valence-corrected chi connectivity index (χ1v) is 23.5. The maximum absolute atomic E-state index is 6.78. The number of rotatable bonds is 5. The Kier molecular flexibility index (Phi) is 8.22. The van der Waals surface area contributed by atoms with E-state index in [0.29, 0.717) is 0 Å². The summed E-state index contributed by atoms with van der Waals surface area (Å²) in [6, 6.07) is 84.7. The van der Waals surface area contributed by atoms with E-state index >= 15 is 0 Å². The molecule has 0 bridgehead atoms. The summed E-state index contributed by atoms with van der Waals surface area (Å²) in [7, 11) is 0. The van der Waals surface area contributed by atoms with Gasteiger partial charge in [0.15, 0.2) is 0 Å². The molecule has 0 aliphatic heterocycles. The van der Waals surface area contributed by atoms with Gasteiger partial charge < -0.3 is 4.42 Å². The molecule has 1 nitrogen and oxygen atoms in total. The Bertz CT molecular complexity index is 4160. The van der Waals surface area contributed by atoms with Crippen LogP contribution in [0.15, 0.2) is 235 Å². The normalized spacial score (nSPS) is 11.9. The maximum atomic E-state index is 6.78. The molecule has 2 aromatic heterocycles. The van der Waals surface area contributed by atoms with Crippen LogP contribution in [0, 0.1) is 0 Å². The summed E-state index contributed by atoms with van der Waals surface area (Å²) in [5.74, 6) is 0. The molecule has 306 valence electrons. The number of benzene rings is 12. The Hall–Kier alpha value is -8.30. The number of furan rings is 1. The molecule has 0 unspecified atom stereocenters. The summed E-state index contributed by atoms with van der Waals surface area (Å²) < 4.78 is 9.39. The van der Waals surface area contributed by atoms with E-state index in [-0.39, 0.29) is 0 Å². The zero-order chi connectivity index (χ0) is 43.3. The quantitative estimate of drug-likeness (QED) is 0.157. The standard InChI is InChI=1S/C64H38OS/c1-3-16-39(17-4-1)41-31-34-58-53(36-41)54-37-43(32-35-59(54)66-58)62-48-24-11-13-26-50(48)63(51-27-14-12-25-49(51)62)52-28-15-29-57-64(52)55-38-42(30-33-56(55)65-57)61-46-22-9-7-20-44(46)60(40-18-5-2-6-19-40)45-21-8-10-23-47(45)61/h1-38H. The highest BCUT2D eigenvalue weighted by atomic mass is 32.1. The Morgan fingerprint density at radius 3 is 1.18 bits per heavy atom. The van der Waals surface area contributed by atoms with Gasteiger partial charge in [0.2, 0.25) is 0 Å². The van der Waals surface area contributed by atoms with E-state index in [4.69, 9.17) is 4.42 Å². The van der Waals surface area contributed by atoms with E-state index in [9.17, 15) is 0 Å². The summed E-state index contributed by atoms with van der Waals surface area (Å²) in [5.41, 5.74) is 14.0. The van der Waals surface area contributed by atoms with Crippen LogP contribution in [0.3, 0.4) is 0 Å². The first-order valence-electron chi connectivity index (χ1n) is 22.7. The van der Waals surface area contributed by atoms with Crippen molar-refractivity contribution in [2.24, 2.45) is 0 Å². The Morgan fingerprint density at radius 1 is 0.242 bits per heavy atom. The van der Waals surface area contributed by atoms with Crippen molar-refractivity contribution in [3.05, 3.63) is 231 Å². The van der Waals surface area contributed by atoms with Crippen molar-refractivity contribution < 1.29 is 4.42 Å². The third-order valence-corrected chi connectivity index (χ3v) is 15.0. The van der Waals surface area contributed by atoms with Gasteiger partial charge in [-0.15, -0.1) is 11.3 Å². The Labute approximate surface area is 385 Å². The molecule has 0 atom stereocenters. The first kappa shape index (κ1) is 37.1. The van der Waals surface area contributed by atoms with Crippen LogP contribution in [0.25, 0.3) is 141 Å². The first-order chi connectivity index (χ1) is 32.7. The molecular formula is C64H38OS. The van der Waals surface area contributed by atoms with Gasteiger partial charge in [-0.05, 0) is 141 Å². The second-order valence-electron chi connectivity index (χ2n) is 17.4. The highest BCUT2D eigenvalue weighted by molar-refractivity contribution is 7.25. The van der Waals surface area contributed by atoms with E-state index in [0.717, 1.165) is 21.9 Å². The van der Waals surface area contributed by atoms with Crippen molar-refractivity contribution >= 4 is 96.5 Å². The predicted octanol–water partition coefficient (Wildman–Crippen LogP) is 18.9. The van der Waals surface area contributed by atoms with Crippen LogP contribution in [0.4, 0.5) is 0 Å². The fourth-order valence-corrected chi connectivity index (χ4v) is 12.1. The molecule has 0 radical (unpaired) electrons. The van der Waals surface area contributed by atoms with Crippen LogP contribution >= 0.6 is 11.3 Å². The molecule has 0 fully saturated rings. The fraction of sp³-hybridized carbons (Fsp3) is 0. The van der Waals surface area contributed by atoms with Crippen LogP contribution in [-0.2, 0) is 0 Å². The molecule has 0 saturated heterocycles. The van der Waals surface area contributed by atoms with Crippen molar-refractivity contribution in [1.29, 1.82) is 0 Å². The molecule has 0 spiro atoms. The second kappa shape index (κ2) is 14.6. The minimum Gasteiger partial charge on any atom is -0.456 e. The van der Waals surface area contributed by atoms with Crippen molar-refractivity contribution in [3.63, 3.8) is 0 Å². The molecule has 2 heterocycles. The number of fused-ring (bicyclic) bond motifs is 10. The van der Waals surface area contributed by atoms with Gasteiger partial charge in [-0.25, -0.2) is 0 Å². The lowest BCUT2D eigenvalue weighted by Crippen LogP contribution is -1.91. The molecule has 12 aromatic carbocycles. The zero-order valence-electron chi connectivity index (χ0n) is 35.8. The lowest BCUT2D eigenvalue weighted by Gasteiger charge is -2.18.